The molecule has 1 atom stereocenters. The van der Waals surface area contributed by atoms with Gasteiger partial charge in [0.25, 0.3) is 5.91 Å². The molecule has 84 valence electrons. The van der Waals surface area contributed by atoms with E-state index in [0.717, 1.165) is 11.3 Å². The number of halogens is 3. The smallest absolute Gasteiger partial charge is 0.382 e. The maximum Gasteiger partial charge on any atom is 0.416 e. The Morgan fingerprint density at radius 1 is 1.67 bits per heavy atom. The molecular weight excluding hydrogens is 233 g/mol. The summed E-state index contributed by atoms with van der Waals surface area (Å²) in [6.07, 6.45) is -5.92. The molecule has 1 aromatic heterocycles. The van der Waals surface area contributed by atoms with E-state index in [4.69, 9.17) is 5.11 Å². The van der Waals surface area contributed by atoms with Gasteiger partial charge in [0, 0.05) is 11.6 Å². The summed E-state index contributed by atoms with van der Waals surface area (Å²) < 4.78 is 35.5. The lowest BCUT2D eigenvalue weighted by Crippen LogP contribution is -2.40. The van der Waals surface area contributed by atoms with Crippen molar-refractivity contribution in [1.82, 2.24) is 10.3 Å². The van der Waals surface area contributed by atoms with Gasteiger partial charge in [-0.3, -0.25) is 4.79 Å². The lowest BCUT2D eigenvalue weighted by atomic mass is 10.3. The first kappa shape index (κ1) is 11.9. The molecular formula is C7H7F3N2O2S. The molecule has 2 N–H and O–H groups in total. The van der Waals surface area contributed by atoms with Crippen molar-refractivity contribution in [1.29, 1.82) is 0 Å². The Balaban J connectivity index is 2.42. The van der Waals surface area contributed by atoms with Gasteiger partial charge in [-0.25, -0.2) is 4.98 Å². The van der Waals surface area contributed by atoms with Crippen molar-refractivity contribution in [2.45, 2.75) is 12.3 Å². The Kier molecular flexibility index (Phi) is 3.64. The summed E-state index contributed by atoms with van der Waals surface area (Å²) in [6, 6.07) is 0. The monoisotopic (exact) mass is 240 g/mol. The zero-order valence-electron chi connectivity index (χ0n) is 7.28. The highest BCUT2D eigenvalue weighted by atomic mass is 32.1. The number of nitrogens with zero attached hydrogens (tertiary/aromatic N) is 1. The molecule has 15 heavy (non-hydrogen) atoms. The minimum atomic E-state index is -4.73. The molecule has 8 heteroatoms. The van der Waals surface area contributed by atoms with E-state index in [1.54, 1.807) is 0 Å². The standard InChI is InChI=1S/C7H7F3N2O2S/c8-7(9,10)4(13)3-12-5(14)6-11-1-2-15-6/h1-2,4,13H,3H2,(H,12,14)/t4-/m0/s1. The Labute approximate surface area is 86.8 Å². The van der Waals surface area contributed by atoms with Crippen molar-refractivity contribution in [3.63, 3.8) is 0 Å². The second kappa shape index (κ2) is 4.58. The molecule has 1 rings (SSSR count). The number of aliphatic hydroxyl groups is 1. The summed E-state index contributed by atoms with van der Waals surface area (Å²) >= 11 is 1.00. The first-order chi connectivity index (χ1) is 6.91. The molecule has 0 aliphatic rings. The average molecular weight is 240 g/mol. The molecule has 0 aliphatic carbocycles. The van der Waals surface area contributed by atoms with Gasteiger partial charge in [0.2, 0.25) is 0 Å². The zero-order valence-corrected chi connectivity index (χ0v) is 8.10. The Morgan fingerprint density at radius 2 is 2.33 bits per heavy atom. The van der Waals surface area contributed by atoms with Crippen LogP contribution >= 0.6 is 11.3 Å². The highest BCUT2D eigenvalue weighted by molar-refractivity contribution is 7.11. The number of aromatic nitrogens is 1. The van der Waals surface area contributed by atoms with Gasteiger partial charge in [-0.15, -0.1) is 11.3 Å². The van der Waals surface area contributed by atoms with Crippen molar-refractivity contribution in [2.24, 2.45) is 0 Å². The topological polar surface area (TPSA) is 62.2 Å². The number of carbonyl (C=O) groups excluding carboxylic acids is 1. The van der Waals surface area contributed by atoms with Crippen LogP contribution in [0.5, 0.6) is 0 Å². The Morgan fingerprint density at radius 3 is 2.80 bits per heavy atom. The summed E-state index contributed by atoms with van der Waals surface area (Å²) in [7, 11) is 0. The van der Waals surface area contributed by atoms with Crippen molar-refractivity contribution < 1.29 is 23.1 Å². The third kappa shape index (κ3) is 3.48. The van der Waals surface area contributed by atoms with Gasteiger partial charge < -0.3 is 10.4 Å². The molecule has 0 radical (unpaired) electrons. The van der Waals surface area contributed by atoms with Crippen LogP contribution in [0, 0.1) is 0 Å². The predicted molar refractivity (Wildman–Crippen MR) is 46.5 cm³/mol. The molecule has 4 nitrogen and oxygen atoms in total. The molecule has 0 bridgehead atoms. The number of carbonyl (C=O) groups is 1. The second-order valence-electron chi connectivity index (χ2n) is 2.60. The van der Waals surface area contributed by atoms with Crippen LogP contribution in [0.2, 0.25) is 0 Å². The molecule has 0 aromatic carbocycles. The number of hydrogen-bond donors (Lipinski definition) is 2. The molecule has 0 saturated heterocycles. The number of thiazole rings is 1. The van der Waals surface area contributed by atoms with Gasteiger partial charge in [-0.2, -0.15) is 13.2 Å². The first-order valence-electron chi connectivity index (χ1n) is 3.83. The van der Waals surface area contributed by atoms with Crippen LogP contribution in [-0.2, 0) is 0 Å². The fraction of sp³-hybridized carbons (Fsp3) is 0.429. The summed E-state index contributed by atoms with van der Waals surface area (Å²) in [5.74, 6) is -0.728. The van der Waals surface area contributed by atoms with Crippen LogP contribution in [-0.4, -0.2) is 34.8 Å². The van der Waals surface area contributed by atoms with Crippen molar-refractivity contribution >= 4 is 17.2 Å². The van der Waals surface area contributed by atoms with E-state index in [1.807, 2.05) is 5.32 Å². The second-order valence-corrected chi connectivity index (χ2v) is 3.50. The molecule has 0 saturated carbocycles. The number of amides is 1. The molecule has 0 unspecified atom stereocenters. The molecule has 0 spiro atoms. The summed E-state index contributed by atoms with van der Waals surface area (Å²) in [6.45, 7) is -0.873. The van der Waals surface area contributed by atoms with E-state index in [0.29, 0.717) is 0 Å². The summed E-state index contributed by atoms with van der Waals surface area (Å²) in [4.78, 5) is 14.7. The quantitative estimate of drug-likeness (QED) is 0.821. The number of alkyl halides is 3. The van der Waals surface area contributed by atoms with Crippen LogP contribution < -0.4 is 5.32 Å². The van der Waals surface area contributed by atoms with Gasteiger partial charge in [-0.05, 0) is 0 Å². The van der Waals surface area contributed by atoms with Gasteiger partial charge in [0.15, 0.2) is 11.1 Å². The van der Waals surface area contributed by atoms with E-state index >= 15 is 0 Å². The van der Waals surface area contributed by atoms with Crippen LogP contribution in [0.25, 0.3) is 0 Å². The largest absolute Gasteiger partial charge is 0.416 e. The van der Waals surface area contributed by atoms with Gasteiger partial charge in [-0.1, -0.05) is 0 Å². The predicted octanol–water partition coefficient (Wildman–Crippen LogP) is 0.796. The normalized spacial score (nSPS) is 13.6. The lowest BCUT2D eigenvalue weighted by molar-refractivity contribution is -0.201. The highest BCUT2D eigenvalue weighted by Crippen LogP contribution is 2.19. The van der Waals surface area contributed by atoms with E-state index in [2.05, 4.69) is 4.98 Å². The summed E-state index contributed by atoms with van der Waals surface area (Å²) in [5.41, 5.74) is 0. The van der Waals surface area contributed by atoms with E-state index < -0.39 is 24.7 Å². The zero-order chi connectivity index (χ0) is 11.5. The van der Waals surface area contributed by atoms with Crippen molar-refractivity contribution in [3.05, 3.63) is 16.6 Å². The fourth-order valence-corrected chi connectivity index (χ4v) is 1.27. The number of nitrogens with one attached hydrogen (secondary N) is 1. The van der Waals surface area contributed by atoms with Crippen LogP contribution in [0.1, 0.15) is 9.80 Å². The molecule has 0 aliphatic heterocycles. The molecule has 1 heterocycles. The molecule has 1 amide bonds. The number of rotatable bonds is 3. The third-order valence-electron chi connectivity index (χ3n) is 1.46. The SMILES string of the molecule is O=C(NC[C@H](O)C(F)(F)F)c1nccs1. The van der Waals surface area contributed by atoms with E-state index in [9.17, 15) is 18.0 Å². The third-order valence-corrected chi connectivity index (χ3v) is 2.23. The highest BCUT2D eigenvalue weighted by Gasteiger charge is 2.38. The minimum absolute atomic E-state index is 0.0596. The van der Waals surface area contributed by atoms with Crippen LogP contribution in [0.15, 0.2) is 11.6 Å². The van der Waals surface area contributed by atoms with E-state index in [1.165, 1.54) is 11.6 Å². The molecule has 1 aromatic rings. The number of aliphatic hydroxyl groups excluding tert-OH is 1. The maximum absolute atomic E-state index is 11.8. The lowest BCUT2D eigenvalue weighted by Gasteiger charge is -2.14. The number of hydrogen-bond acceptors (Lipinski definition) is 4. The molecule has 0 fully saturated rings. The van der Waals surface area contributed by atoms with Crippen molar-refractivity contribution in [3.8, 4) is 0 Å². The van der Waals surface area contributed by atoms with E-state index in [-0.39, 0.29) is 5.01 Å². The van der Waals surface area contributed by atoms with Gasteiger partial charge in [0.05, 0.1) is 6.54 Å². The van der Waals surface area contributed by atoms with Crippen LogP contribution in [0.3, 0.4) is 0 Å². The Hall–Kier alpha value is -1.15. The van der Waals surface area contributed by atoms with Crippen LogP contribution in [0.4, 0.5) is 13.2 Å². The van der Waals surface area contributed by atoms with Crippen molar-refractivity contribution in [2.75, 3.05) is 6.54 Å². The van der Waals surface area contributed by atoms with Gasteiger partial charge in [0.1, 0.15) is 0 Å². The minimum Gasteiger partial charge on any atom is -0.382 e. The van der Waals surface area contributed by atoms with Gasteiger partial charge >= 0.3 is 6.18 Å². The summed E-state index contributed by atoms with van der Waals surface area (Å²) in [5, 5.41) is 12.1. The Bertz CT molecular complexity index is 325. The maximum atomic E-state index is 11.8. The first-order valence-corrected chi connectivity index (χ1v) is 4.71. The average Bonchev–Trinajstić information content (AvgIpc) is 2.64. The fourth-order valence-electron chi connectivity index (χ4n) is 0.716.